The largest absolute Gasteiger partial charge is 0.271 e. The normalized spacial score (nSPS) is 12.4. The monoisotopic (exact) mass is 301 g/mol. The van der Waals surface area contributed by atoms with Gasteiger partial charge in [0, 0.05) is 6.20 Å². The number of rotatable bonds is 3. The summed E-state index contributed by atoms with van der Waals surface area (Å²) in [5, 5.41) is 1.48. The van der Waals surface area contributed by atoms with Gasteiger partial charge in [0.2, 0.25) is 0 Å². The molecule has 0 aliphatic carbocycles. The van der Waals surface area contributed by atoms with Crippen LogP contribution < -0.4 is 11.3 Å². The summed E-state index contributed by atoms with van der Waals surface area (Å²) in [6.45, 7) is 0. The number of nitrogens with one attached hydrogen (secondary N) is 1. The van der Waals surface area contributed by atoms with Crippen LogP contribution in [-0.4, -0.2) is 4.98 Å². The highest BCUT2D eigenvalue weighted by Crippen LogP contribution is 2.30. The zero-order valence-corrected chi connectivity index (χ0v) is 11.5. The number of aromatic nitrogens is 1. The maximum absolute atomic E-state index is 6.10. The van der Waals surface area contributed by atoms with Crippen molar-refractivity contribution in [3.05, 3.63) is 62.9 Å². The lowest BCUT2D eigenvalue weighted by Gasteiger charge is -2.17. The molecule has 18 heavy (non-hydrogen) atoms. The number of benzene rings is 1. The molecule has 1 heterocycles. The van der Waals surface area contributed by atoms with Crippen molar-refractivity contribution < 1.29 is 0 Å². The maximum atomic E-state index is 6.10. The molecule has 0 fully saturated rings. The summed E-state index contributed by atoms with van der Waals surface area (Å²) in [5.41, 5.74) is 4.15. The van der Waals surface area contributed by atoms with Crippen LogP contribution in [0.4, 0.5) is 0 Å². The Bertz CT molecular complexity index is 560. The third kappa shape index (κ3) is 2.76. The quantitative estimate of drug-likeness (QED) is 0.673. The van der Waals surface area contributed by atoms with Gasteiger partial charge in [0.1, 0.15) is 0 Å². The van der Waals surface area contributed by atoms with Crippen molar-refractivity contribution in [2.45, 2.75) is 6.04 Å². The summed E-state index contributed by atoms with van der Waals surface area (Å²) >= 11 is 18.0. The molecule has 1 unspecified atom stereocenters. The number of nitrogens with zero attached hydrogens (tertiary/aromatic N) is 1. The van der Waals surface area contributed by atoms with Gasteiger partial charge in [-0.15, -0.1) is 0 Å². The summed E-state index contributed by atoms with van der Waals surface area (Å²) in [4.78, 5) is 4.23. The van der Waals surface area contributed by atoms with E-state index in [0.717, 1.165) is 5.56 Å². The van der Waals surface area contributed by atoms with E-state index in [1.165, 1.54) is 0 Å². The van der Waals surface area contributed by atoms with Crippen molar-refractivity contribution in [3.63, 3.8) is 0 Å². The fraction of sp³-hybridized carbons (Fsp3) is 0.0833. The molecule has 1 aromatic heterocycles. The molecule has 1 aromatic carbocycles. The second kappa shape index (κ2) is 5.87. The molecular weight excluding hydrogens is 293 g/mol. The van der Waals surface area contributed by atoms with Crippen LogP contribution in [0, 0.1) is 0 Å². The van der Waals surface area contributed by atoms with Crippen LogP contribution in [0.5, 0.6) is 0 Å². The Morgan fingerprint density at radius 3 is 2.44 bits per heavy atom. The van der Waals surface area contributed by atoms with Gasteiger partial charge in [-0.1, -0.05) is 40.9 Å². The van der Waals surface area contributed by atoms with Crippen molar-refractivity contribution in [3.8, 4) is 0 Å². The molecule has 0 saturated heterocycles. The number of halogens is 3. The van der Waals surface area contributed by atoms with E-state index in [0.29, 0.717) is 20.8 Å². The Labute approximate surface area is 120 Å². The molecule has 0 aliphatic heterocycles. The summed E-state index contributed by atoms with van der Waals surface area (Å²) in [5.74, 6) is 5.57. The number of hydrogen-bond acceptors (Lipinski definition) is 3. The molecule has 2 aromatic rings. The van der Waals surface area contributed by atoms with Gasteiger partial charge in [0.05, 0.1) is 26.8 Å². The lowest BCUT2D eigenvalue weighted by atomic mass is 10.0. The highest BCUT2D eigenvalue weighted by atomic mass is 35.5. The molecule has 0 amide bonds. The number of hydrogen-bond donors (Lipinski definition) is 2. The lowest BCUT2D eigenvalue weighted by molar-refractivity contribution is 0.621. The van der Waals surface area contributed by atoms with Crippen molar-refractivity contribution in [2.75, 3.05) is 0 Å². The van der Waals surface area contributed by atoms with E-state index in [9.17, 15) is 0 Å². The zero-order chi connectivity index (χ0) is 13.1. The highest BCUT2D eigenvalue weighted by molar-refractivity contribution is 6.42. The molecule has 0 bridgehead atoms. The third-order valence-electron chi connectivity index (χ3n) is 2.50. The minimum atomic E-state index is -0.339. The van der Waals surface area contributed by atoms with Gasteiger partial charge >= 0.3 is 0 Å². The smallest absolute Gasteiger partial charge is 0.0897 e. The first-order valence-electron chi connectivity index (χ1n) is 5.15. The molecular formula is C12H10Cl3N3. The second-order valence-corrected chi connectivity index (χ2v) is 4.87. The van der Waals surface area contributed by atoms with Crippen LogP contribution in [0.3, 0.4) is 0 Å². The minimum absolute atomic E-state index is 0.339. The van der Waals surface area contributed by atoms with Crippen LogP contribution in [0.25, 0.3) is 0 Å². The Kier molecular flexibility index (Phi) is 4.43. The lowest BCUT2D eigenvalue weighted by Crippen LogP contribution is -2.29. The van der Waals surface area contributed by atoms with Crippen LogP contribution in [0.1, 0.15) is 17.3 Å². The molecule has 94 valence electrons. The zero-order valence-electron chi connectivity index (χ0n) is 9.20. The van der Waals surface area contributed by atoms with Crippen molar-refractivity contribution in [1.82, 2.24) is 10.4 Å². The summed E-state index contributed by atoms with van der Waals surface area (Å²) in [7, 11) is 0. The average molecular weight is 303 g/mol. The van der Waals surface area contributed by atoms with E-state index < -0.39 is 0 Å². The van der Waals surface area contributed by atoms with Crippen LogP contribution in [0.15, 0.2) is 36.5 Å². The van der Waals surface area contributed by atoms with Crippen LogP contribution in [0.2, 0.25) is 15.1 Å². The number of nitrogens with two attached hydrogens (primary N) is 1. The molecule has 0 aliphatic rings. The van der Waals surface area contributed by atoms with E-state index in [1.54, 1.807) is 30.5 Å². The predicted molar refractivity (Wildman–Crippen MR) is 74.9 cm³/mol. The molecule has 1 atom stereocenters. The molecule has 0 saturated carbocycles. The first-order chi connectivity index (χ1) is 8.63. The molecule has 0 radical (unpaired) electrons. The third-order valence-corrected chi connectivity index (χ3v) is 3.56. The Morgan fingerprint density at radius 1 is 1.06 bits per heavy atom. The van der Waals surface area contributed by atoms with Crippen molar-refractivity contribution >= 4 is 34.8 Å². The summed E-state index contributed by atoms with van der Waals surface area (Å²) in [6, 6.07) is 8.44. The standard InChI is InChI=1S/C12H10Cl3N3/c13-8-4-3-7(6-10(8)15)11(18-16)12-9(14)2-1-5-17-12/h1-6,11,18H,16H2. The van der Waals surface area contributed by atoms with Gasteiger partial charge in [-0.2, -0.15) is 0 Å². The highest BCUT2D eigenvalue weighted by Gasteiger charge is 2.17. The van der Waals surface area contributed by atoms with E-state index >= 15 is 0 Å². The molecule has 3 N–H and O–H groups in total. The topological polar surface area (TPSA) is 50.9 Å². The Morgan fingerprint density at radius 2 is 1.83 bits per heavy atom. The van der Waals surface area contributed by atoms with E-state index in [-0.39, 0.29) is 6.04 Å². The molecule has 2 rings (SSSR count). The Hall–Kier alpha value is -0.840. The van der Waals surface area contributed by atoms with E-state index in [1.807, 2.05) is 6.07 Å². The SMILES string of the molecule is NNC(c1ccc(Cl)c(Cl)c1)c1ncccc1Cl. The summed E-state index contributed by atoms with van der Waals surface area (Å²) < 4.78 is 0. The fourth-order valence-corrected chi connectivity index (χ4v) is 2.17. The van der Waals surface area contributed by atoms with E-state index in [4.69, 9.17) is 40.6 Å². The average Bonchev–Trinajstić information content (AvgIpc) is 2.37. The number of pyridine rings is 1. The number of hydrazine groups is 1. The molecule has 0 spiro atoms. The van der Waals surface area contributed by atoms with Crippen LogP contribution >= 0.6 is 34.8 Å². The van der Waals surface area contributed by atoms with Gasteiger partial charge in [-0.05, 0) is 29.8 Å². The van der Waals surface area contributed by atoms with Crippen LogP contribution in [-0.2, 0) is 0 Å². The van der Waals surface area contributed by atoms with Gasteiger partial charge < -0.3 is 0 Å². The van der Waals surface area contributed by atoms with E-state index in [2.05, 4.69) is 10.4 Å². The van der Waals surface area contributed by atoms with Crippen molar-refractivity contribution in [2.24, 2.45) is 5.84 Å². The fourth-order valence-electron chi connectivity index (χ4n) is 1.64. The minimum Gasteiger partial charge on any atom is -0.271 e. The molecule has 3 nitrogen and oxygen atoms in total. The first-order valence-corrected chi connectivity index (χ1v) is 6.28. The van der Waals surface area contributed by atoms with Gasteiger partial charge in [-0.3, -0.25) is 10.8 Å². The second-order valence-electron chi connectivity index (χ2n) is 3.64. The predicted octanol–water partition coefficient (Wildman–Crippen LogP) is 3.59. The molecule has 6 heteroatoms. The van der Waals surface area contributed by atoms with Crippen molar-refractivity contribution in [1.29, 1.82) is 0 Å². The van der Waals surface area contributed by atoms with Gasteiger partial charge in [-0.25, -0.2) is 5.43 Å². The maximum Gasteiger partial charge on any atom is 0.0897 e. The Balaban J connectivity index is 2.45. The first kappa shape index (κ1) is 13.6. The van der Waals surface area contributed by atoms with Gasteiger partial charge in [0.25, 0.3) is 0 Å². The summed E-state index contributed by atoms with van der Waals surface area (Å²) in [6.07, 6.45) is 1.66. The van der Waals surface area contributed by atoms with Gasteiger partial charge in [0.15, 0.2) is 0 Å².